The van der Waals surface area contributed by atoms with E-state index in [1.807, 2.05) is 0 Å². The number of carbonyl (C=O) groups is 3. The zero-order valence-corrected chi connectivity index (χ0v) is 49.1. The molecule has 0 saturated carbocycles. The van der Waals surface area contributed by atoms with Crippen LogP contribution in [0.5, 0.6) is 0 Å². The Bertz CT molecular complexity index is 1370. The van der Waals surface area contributed by atoms with Gasteiger partial charge in [0, 0.05) is 19.3 Å². The van der Waals surface area contributed by atoms with Gasteiger partial charge in [0.05, 0.1) is 0 Å². The topological polar surface area (TPSA) is 78.9 Å². The molecule has 1 atom stereocenters. The summed E-state index contributed by atoms with van der Waals surface area (Å²) in [5, 5.41) is 0. The fraction of sp³-hybridized carbons (Fsp3) is 0.779. The summed E-state index contributed by atoms with van der Waals surface area (Å²) in [6.45, 7) is 6.53. The van der Waals surface area contributed by atoms with Gasteiger partial charge in [0.1, 0.15) is 13.2 Å². The van der Waals surface area contributed by atoms with Crippen LogP contribution in [0.1, 0.15) is 323 Å². The van der Waals surface area contributed by atoms with Crippen LogP contribution in [-0.4, -0.2) is 37.2 Å². The van der Waals surface area contributed by atoms with E-state index in [0.29, 0.717) is 19.3 Å². The Morgan fingerprint density at radius 2 is 0.527 bits per heavy atom. The zero-order valence-electron chi connectivity index (χ0n) is 49.1. The van der Waals surface area contributed by atoms with E-state index in [4.69, 9.17) is 14.2 Å². The van der Waals surface area contributed by atoms with E-state index in [2.05, 4.69) is 93.7 Å². The number of hydrogen-bond acceptors (Lipinski definition) is 6. The van der Waals surface area contributed by atoms with Gasteiger partial charge in [-0.15, -0.1) is 0 Å². The van der Waals surface area contributed by atoms with Crippen LogP contribution in [-0.2, 0) is 28.6 Å². The molecule has 0 heterocycles. The number of hydrogen-bond donors (Lipinski definition) is 0. The van der Waals surface area contributed by atoms with Crippen LogP contribution in [0.25, 0.3) is 0 Å². The molecule has 6 heteroatoms. The molecule has 1 unspecified atom stereocenters. The molecule has 0 amide bonds. The quantitative estimate of drug-likeness (QED) is 0.0261. The van der Waals surface area contributed by atoms with E-state index in [-0.39, 0.29) is 31.1 Å². The van der Waals surface area contributed by atoms with Crippen molar-refractivity contribution in [1.29, 1.82) is 0 Å². The molecule has 0 N–H and O–H groups in total. The summed E-state index contributed by atoms with van der Waals surface area (Å²) in [5.74, 6) is -0.870. The number of esters is 3. The van der Waals surface area contributed by atoms with Crippen molar-refractivity contribution in [3.05, 3.63) is 72.9 Å². The van der Waals surface area contributed by atoms with Crippen LogP contribution in [0.15, 0.2) is 72.9 Å². The maximum atomic E-state index is 12.8. The van der Waals surface area contributed by atoms with Crippen molar-refractivity contribution in [2.24, 2.45) is 0 Å². The molecule has 0 saturated heterocycles. The van der Waals surface area contributed by atoms with Crippen LogP contribution >= 0.6 is 0 Å². The molecular formula is C68H120O6. The summed E-state index contributed by atoms with van der Waals surface area (Å²) in [5.41, 5.74) is 0. The highest BCUT2D eigenvalue weighted by Crippen LogP contribution is 2.17. The lowest BCUT2D eigenvalue weighted by Gasteiger charge is -2.18. The van der Waals surface area contributed by atoms with Crippen molar-refractivity contribution in [3.8, 4) is 0 Å². The van der Waals surface area contributed by atoms with E-state index in [9.17, 15) is 14.4 Å². The highest BCUT2D eigenvalue weighted by atomic mass is 16.6. The van der Waals surface area contributed by atoms with Crippen molar-refractivity contribution in [1.82, 2.24) is 0 Å². The Kier molecular flexibility index (Phi) is 59.7. The van der Waals surface area contributed by atoms with Gasteiger partial charge >= 0.3 is 17.9 Å². The van der Waals surface area contributed by atoms with Crippen molar-refractivity contribution in [3.63, 3.8) is 0 Å². The summed E-state index contributed by atoms with van der Waals surface area (Å²) in [6, 6.07) is 0. The number of allylic oxidation sites excluding steroid dienone is 12. The summed E-state index contributed by atoms with van der Waals surface area (Å²) in [7, 11) is 0. The van der Waals surface area contributed by atoms with Crippen LogP contribution in [0.4, 0.5) is 0 Å². The fourth-order valence-electron chi connectivity index (χ4n) is 9.17. The molecule has 0 aliphatic heterocycles. The van der Waals surface area contributed by atoms with Crippen LogP contribution in [0.3, 0.4) is 0 Å². The summed E-state index contributed by atoms with van der Waals surface area (Å²) < 4.78 is 16.9. The minimum absolute atomic E-state index is 0.0739. The molecule has 0 rings (SSSR count). The maximum Gasteiger partial charge on any atom is 0.306 e. The number of ether oxygens (including phenoxy) is 3. The van der Waals surface area contributed by atoms with Crippen molar-refractivity contribution < 1.29 is 28.6 Å². The van der Waals surface area contributed by atoms with Gasteiger partial charge < -0.3 is 14.2 Å². The molecule has 428 valence electrons. The summed E-state index contributed by atoms with van der Waals surface area (Å²) >= 11 is 0. The first-order valence-corrected chi connectivity index (χ1v) is 31.9. The molecule has 0 spiro atoms. The Morgan fingerprint density at radius 1 is 0.284 bits per heavy atom. The van der Waals surface area contributed by atoms with E-state index in [1.54, 1.807) is 0 Å². The standard InChI is InChI=1S/C68H120O6/c1-4-7-10-13-16-19-22-24-26-27-28-29-30-31-32-33-34-35-36-37-38-39-40-41-43-44-46-49-52-55-58-61-67(70)73-64-65(63-72-66(69)60-57-54-51-48-21-18-15-12-9-6-3)74-68(71)62-59-56-53-50-47-45-42-25-23-20-17-14-11-8-5-2/h7,10,16,19,24-26,28-29,31-32,42,65H,4-6,8-9,11-15,17-18,20-23,27,30,33-41,43-64H2,1-3H3/b10-7-,19-16-,26-24-,29-28-,32-31-,42-25-. The Balaban J connectivity index is 4.13. The first kappa shape index (κ1) is 70.8. The minimum Gasteiger partial charge on any atom is -0.462 e. The number of unbranched alkanes of at least 4 members (excludes halogenated alkanes) is 35. The molecule has 6 nitrogen and oxygen atoms in total. The molecule has 0 fully saturated rings. The number of carbonyl (C=O) groups excluding carboxylic acids is 3. The van der Waals surface area contributed by atoms with Crippen molar-refractivity contribution in [2.45, 2.75) is 329 Å². The van der Waals surface area contributed by atoms with Crippen LogP contribution in [0.2, 0.25) is 0 Å². The third-order valence-electron chi connectivity index (χ3n) is 13.9. The largest absolute Gasteiger partial charge is 0.462 e. The van der Waals surface area contributed by atoms with Crippen LogP contribution < -0.4 is 0 Å². The predicted octanol–water partition coefficient (Wildman–Crippen LogP) is 21.7. The molecule has 0 aromatic carbocycles. The second-order valence-corrected chi connectivity index (χ2v) is 21.3. The zero-order chi connectivity index (χ0) is 53.6. The van der Waals surface area contributed by atoms with E-state index >= 15 is 0 Å². The van der Waals surface area contributed by atoms with Gasteiger partial charge in [0.25, 0.3) is 0 Å². The summed E-state index contributed by atoms with van der Waals surface area (Å²) in [6.07, 6.45) is 80.6. The normalized spacial score (nSPS) is 12.5. The van der Waals surface area contributed by atoms with Crippen molar-refractivity contribution >= 4 is 17.9 Å². The van der Waals surface area contributed by atoms with E-state index in [0.717, 1.165) is 96.3 Å². The second-order valence-electron chi connectivity index (χ2n) is 21.3. The fourth-order valence-corrected chi connectivity index (χ4v) is 9.17. The first-order valence-electron chi connectivity index (χ1n) is 31.9. The Hall–Kier alpha value is -3.15. The average molecular weight is 1030 g/mol. The maximum absolute atomic E-state index is 12.8. The van der Waals surface area contributed by atoms with Crippen LogP contribution in [0, 0.1) is 0 Å². The highest BCUT2D eigenvalue weighted by Gasteiger charge is 2.19. The molecule has 0 aliphatic rings. The lowest BCUT2D eigenvalue weighted by atomic mass is 10.0. The number of rotatable bonds is 58. The molecule has 74 heavy (non-hydrogen) atoms. The predicted molar refractivity (Wildman–Crippen MR) is 321 cm³/mol. The van der Waals surface area contributed by atoms with Crippen molar-refractivity contribution in [2.75, 3.05) is 13.2 Å². The molecule has 0 radical (unpaired) electrons. The van der Waals surface area contributed by atoms with Gasteiger partial charge in [-0.05, 0) is 89.9 Å². The van der Waals surface area contributed by atoms with Gasteiger partial charge in [-0.2, -0.15) is 0 Å². The minimum atomic E-state index is -0.776. The summed E-state index contributed by atoms with van der Waals surface area (Å²) in [4.78, 5) is 38.2. The lowest BCUT2D eigenvalue weighted by molar-refractivity contribution is -0.167. The van der Waals surface area contributed by atoms with Gasteiger partial charge in [0.2, 0.25) is 0 Å². The van der Waals surface area contributed by atoms with Gasteiger partial charge in [-0.1, -0.05) is 286 Å². The molecule has 0 aromatic heterocycles. The first-order chi connectivity index (χ1) is 36.5. The Labute approximate surface area is 459 Å². The highest BCUT2D eigenvalue weighted by molar-refractivity contribution is 5.71. The molecule has 0 aromatic rings. The SMILES string of the molecule is CC/C=C\C/C=C\C/C=C\C/C=C\C/C=C\CCCCCCCCCCCCCCCCCC(=O)OCC(COC(=O)CCCCCCCCCCCC)OC(=O)CCCCCCC/C=C\CCCCCCCC. The third-order valence-corrected chi connectivity index (χ3v) is 13.9. The van der Waals surface area contributed by atoms with Gasteiger partial charge in [0.15, 0.2) is 6.10 Å². The smallest absolute Gasteiger partial charge is 0.306 e. The van der Waals surface area contributed by atoms with E-state index in [1.165, 1.54) is 186 Å². The van der Waals surface area contributed by atoms with Gasteiger partial charge in [-0.3, -0.25) is 14.4 Å². The lowest BCUT2D eigenvalue weighted by Crippen LogP contribution is -2.30. The monoisotopic (exact) mass is 1030 g/mol. The average Bonchev–Trinajstić information content (AvgIpc) is 3.40. The molecule has 0 bridgehead atoms. The second kappa shape index (κ2) is 62.4. The van der Waals surface area contributed by atoms with E-state index < -0.39 is 6.10 Å². The third kappa shape index (κ3) is 59.7. The molecule has 0 aliphatic carbocycles. The Morgan fingerprint density at radius 3 is 0.838 bits per heavy atom. The van der Waals surface area contributed by atoms with Gasteiger partial charge in [-0.25, -0.2) is 0 Å². The molecular weight excluding hydrogens is 913 g/mol.